The van der Waals surface area contributed by atoms with Crippen LogP contribution in [0.3, 0.4) is 0 Å². The van der Waals surface area contributed by atoms with Crippen LogP contribution in [0.15, 0.2) is 14.7 Å². The van der Waals surface area contributed by atoms with E-state index in [-0.39, 0.29) is 17.2 Å². The van der Waals surface area contributed by atoms with Gasteiger partial charge in [0.2, 0.25) is 10.0 Å². The maximum atomic E-state index is 12.2. The van der Waals surface area contributed by atoms with Gasteiger partial charge >= 0.3 is 5.97 Å². The van der Waals surface area contributed by atoms with Crippen molar-refractivity contribution in [2.45, 2.75) is 38.1 Å². The van der Waals surface area contributed by atoms with Crippen LogP contribution in [0.2, 0.25) is 0 Å². The minimum atomic E-state index is -3.81. The molecule has 0 aromatic carbocycles. The molecule has 1 rings (SSSR count). The maximum Gasteiger partial charge on any atom is 0.321 e. The Morgan fingerprint density at radius 1 is 1.53 bits per heavy atom. The lowest BCUT2D eigenvalue weighted by atomic mass is 10.1. The smallest absolute Gasteiger partial charge is 0.321 e. The molecule has 2 N–H and O–H groups in total. The highest BCUT2D eigenvalue weighted by Gasteiger charge is 2.28. The van der Waals surface area contributed by atoms with Crippen molar-refractivity contribution >= 4 is 43.3 Å². The van der Waals surface area contributed by atoms with Crippen molar-refractivity contribution in [1.82, 2.24) is 4.72 Å². The van der Waals surface area contributed by atoms with E-state index in [2.05, 4.69) is 20.7 Å². The van der Waals surface area contributed by atoms with E-state index >= 15 is 0 Å². The zero-order chi connectivity index (χ0) is 14.8. The fraction of sp³-hybridized carbons (Fsp3) is 0.545. The molecular formula is C11H16BrNO4S2. The maximum absolute atomic E-state index is 12.2. The van der Waals surface area contributed by atoms with Crippen LogP contribution in [0.4, 0.5) is 0 Å². The second kappa shape index (κ2) is 6.34. The molecule has 1 aromatic heterocycles. The molecule has 1 atom stereocenters. The molecule has 8 heteroatoms. The van der Waals surface area contributed by atoms with Gasteiger partial charge in [0.25, 0.3) is 0 Å². The number of carboxylic acid groups (broad SMARTS) is 1. The van der Waals surface area contributed by atoms with Crippen LogP contribution < -0.4 is 4.72 Å². The van der Waals surface area contributed by atoms with Crippen molar-refractivity contribution in [1.29, 1.82) is 0 Å². The number of hydrogen-bond acceptors (Lipinski definition) is 4. The molecule has 1 heterocycles. The minimum Gasteiger partial charge on any atom is -0.480 e. The summed E-state index contributed by atoms with van der Waals surface area (Å²) in [5, 5.41) is 9.07. The van der Waals surface area contributed by atoms with Gasteiger partial charge in [0.15, 0.2) is 0 Å². The van der Waals surface area contributed by atoms with Crippen LogP contribution >= 0.6 is 27.3 Å². The summed E-state index contributed by atoms with van der Waals surface area (Å²) < 4.78 is 27.3. The highest BCUT2D eigenvalue weighted by Crippen LogP contribution is 2.29. The largest absolute Gasteiger partial charge is 0.480 e. The van der Waals surface area contributed by atoms with Gasteiger partial charge in [-0.05, 0) is 41.3 Å². The number of rotatable bonds is 6. The van der Waals surface area contributed by atoms with Crippen LogP contribution in [-0.2, 0) is 14.8 Å². The summed E-state index contributed by atoms with van der Waals surface area (Å²) in [6, 6.07) is 0.374. The molecule has 0 saturated carbocycles. The Kier molecular flexibility index (Phi) is 5.54. The predicted molar refractivity (Wildman–Crippen MR) is 78.0 cm³/mol. The van der Waals surface area contributed by atoms with Crippen LogP contribution in [-0.4, -0.2) is 25.5 Å². The molecule has 0 saturated heterocycles. The van der Waals surface area contributed by atoms with Crippen molar-refractivity contribution in [2.24, 2.45) is 5.92 Å². The van der Waals surface area contributed by atoms with E-state index in [0.29, 0.717) is 8.66 Å². The van der Waals surface area contributed by atoms with E-state index in [0.717, 1.165) is 0 Å². The third-order valence-electron chi connectivity index (χ3n) is 2.43. The number of carbonyl (C=O) groups is 1. The Morgan fingerprint density at radius 3 is 2.47 bits per heavy atom. The van der Waals surface area contributed by atoms with Crippen molar-refractivity contribution < 1.29 is 18.3 Å². The minimum absolute atomic E-state index is 0.0825. The second-order valence-electron chi connectivity index (χ2n) is 4.61. The molecular weight excluding hydrogens is 354 g/mol. The van der Waals surface area contributed by atoms with Gasteiger partial charge in [-0.3, -0.25) is 4.79 Å². The molecule has 0 unspecified atom stereocenters. The number of aryl methyl sites for hydroxylation is 1. The molecule has 108 valence electrons. The van der Waals surface area contributed by atoms with Crippen molar-refractivity contribution in [2.75, 3.05) is 0 Å². The van der Waals surface area contributed by atoms with Gasteiger partial charge in [-0.15, -0.1) is 11.3 Å². The monoisotopic (exact) mass is 369 g/mol. The van der Waals surface area contributed by atoms with Gasteiger partial charge in [0.1, 0.15) is 6.04 Å². The first-order valence-corrected chi connectivity index (χ1v) is 8.74. The molecule has 0 amide bonds. The Labute approximate surface area is 125 Å². The van der Waals surface area contributed by atoms with E-state index < -0.39 is 22.0 Å². The molecule has 0 spiro atoms. The predicted octanol–water partition coefficient (Wildman–Crippen LogP) is 2.60. The molecule has 0 fully saturated rings. The zero-order valence-electron chi connectivity index (χ0n) is 10.8. The first-order chi connectivity index (χ1) is 8.63. The first-order valence-electron chi connectivity index (χ1n) is 5.64. The van der Waals surface area contributed by atoms with E-state index in [9.17, 15) is 13.2 Å². The SMILES string of the molecule is Cc1sc(Br)cc1S(=O)(=O)N[C@H](CC(C)C)C(=O)O. The molecule has 5 nitrogen and oxygen atoms in total. The lowest BCUT2D eigenvalue weighted by Gasteiger charge is -2.16. The van der Waals surface area contributed by atoms with Gasteiger partial charge in [-0.2, -0.15) is 4.72 Å². The van der Waals surface area contributed by atoms with Gasteiger partial charge < -0.3 is 5.11 Å². The fourth-order valence-corrected chi connectivity index (χ4v) is 5.24. The lowest BCUT2D eigenvalue weighted by Crippen LogP contribution is -2.41. The normalized spacial score (nSPS) is 13.7. The van der Waals surface area contributed by atoms with Crippen molar-refractivity contribution in [3.05, 3.63) is 14.7 Å². The third kappa shape index (κ3) is 4.55. The Bertz CT molecular complexity index is 565. The zero-order valence-corrected chi connectivity index (χ0v) is 14.0. The van der Waals surface area contributed by atoms with Crippen molar-refractivity contribution in [3.8, 4) is 0 Å². The van der Waals surface area contributed by atoms with Gasteiger partial charge in [-0.25, -0.2) is 8.42 Å². The number of sulfonamides is 1. The molecule has 0 radical (unpaired) electrons. The molecule has 0 aliphatic heterocycles. The summed E-state index contributed by atoms with van der Waals surface area (Å²) in [6.45, 7) is 5.37. The van der Waals surface area contributed by atoms with Gasteiger partial charge in [0.05, 0.1) is 8.68 Å². The number of halogens is 1. The number of carboxylic acids is 1. The van der Waals surface area contributed by atoms with Crippen molar-refractivity contribution in [3.63, 3.8) is 0 Å². The summed E-state index contributed by atoms with van der Waals surface area (Å²) in [5.74, 6) is -1.08. The van der Waals surface area contributed by atoms with Crippen LogP contribution in [0.25, 0.3) is 0 Å². The quantitative estimate of drug-likeness (QED) is 0.806. The van der Waals surface area contributed by atoms with Crippen LogP contribution in [0.5, 0.6) is 0 Å². The van der Waals surface area contributed by atoms with E-state index in [1.807, 2.05) is 13.8 Å². The highest BCUT2D eigenvalue weighted by molar-refractivity contribution is 9.11. The Morgan fingerprint density at radius 2 is 2.11 bits per heavy atom. The number of thiophene rings is 1. The Balaban J connectivity index is 3.01. The first kappa shape index (κ1) is 16.6. The van der Waals surface area contributed by atoms with Gasteiger partial charge in [-0.1, -0.05) is 13.8 Å². The highest BCUT2D eigenvalue weighted by atomic mass is 79.9. The standard InChI is InChI=1S/C11H16BrNO4S2/c1-6(2)4-8(11(14)15)13-19(16,17)9-5-10(12)18-7(9)3/h5-6,8,13H,4H2,1-3H3,(H,14,15)/t8-/m1/s1. The summed E-state index contributed by atoms with van der Waals surface area (Å²) in [7, 11) is -3.81. The molecule has 0 aliphatic carbocycles. The fourth-order valence-electron chi connectivity index (χ4n) is 1.62. The molecule has 0 bridgehead atoms. The molecule has 19 heavy (non-hydrogen) atoms. The van der Waals surface area contributed by atoms with E-state index in [1.54, 1.807) is 6.92 Å². The molecule has 0 aliphatic rings. The van der Waals surface area contributed by atoms with Gasteiger partial charge in [0, 0.05) is 4.88 Å². The lowest BCUT2D eigenvalue weighted by molar-refractivity contribution is -0.139. The summed E-state index contributed by atoms with van der Waals surface area (Å²) in [6.07, 6.45) is 0.249. The Hall–Kier alpha value is -0.440. The second-order valence-corrected chi connectivity index (χ2v) is 8.93. The van der Waals surface area contributed by atoms with Crippen LogP contribution in [0, 0.1) is 12.8 Å². The number of hydrogen-bond donors (Lipinski definition) is 2. The average molecular weight is 370 g/mol. The summed E-state index contributed by atoms with van der Waals surface area (Å²) >= 11 is 4.52. The number of aliphatic carboxylic acids is 1. The topological polar surface area (TPSA) is 83.5 Å². The third-order valence-corrected chi connectivity index (χ3v) is 5.71. The average Bonchev–Trinajstić information content (AvgIpc) is 2.56. The molecule has 1 aromatic rings. The van der Waals surface area contributed by atoms with E-state index in [1.165, 1.54) is 17.4 Å². The summed E-state index contributed by atoms with van der Waals surface area (Å²) in [5.41, 5.74) is 0. The number of nitrogens with one attached hydrogen (secondary N) is 1. The van der Waals surface area contributed by atoms with Crippen LogP contribution in [0.1, 0.15) is 25.1 Å². The summed E-state index contributed by atoms with van der Waals surface area (Å²) in [4.78, 5) is 11.8. The van der Waals surface area contributed by atoms with E-state index in [4.69, 9.17) is 5.11 Å².